The molecule has 0 amide bonds. The minimum absolute atomic E-state index is 0.241. The van der Waals surface area contributed by atoms with Crippen LogP contribution in [0.2, 0.25) is 0 Å². The Balaban J connectivity index is 2.09. The fourth-order valence-corrected chi connectivity index (χ4v) is 4.54. The van der Waals surface area contributed by atoms with Crippen LogP contribution in [0.3, 0.4) is 0 Å². The van der Waals surface area contributed by atoms with Crippen molar-refractivity contribution in [2.24, 2.45) is 0 Å². The van der Waals surface area contributed by atoms with Crippen molar-refractivity contribution >= 4 is 18.5 Å². The standard InChI is InChI=1S/C18H22NP/c1-3-19(2)15-10-16-20(17-11-6-4-7-12-17)18-13-8-5-9-14-18/h4-9,11-14H,10,15-16H2,1-2H3. The Bertz CT molecular complexity index is 444. The molecule has 0 saturated carbocycles. The van der Waals surface area contributed by atoms with Crippen LogP contribution < -0.4 is 10.6 Å². The van der Waals surface area contributed by atoms with Crippen molar-refractivity contribution < 1.29 is 0 Å². The van der Waals surface area contributed by atoms with Crippen LogP contribution >= 0.6 is 7.92 Å². The van der Waals surface area contributed by atoms with Crippen molar-refractivity contribution in [2.45, 2.75) is 13.3 Å². The van der Waals surface area contributed by atoms with Crippen molar-refractivity contribution in [1.29, 1.82) is 0 Å². The van der Waals surface area contributed by atoms with Crippen LogP contribution in [0.15, 0.2) is 60.7 Å². The molecule has 104 valence electrons. The summed E-state index contributed by atoms with van der Waals surface area (Å²) in [4.78, 5) is 2.14. The maximum atomic E-state index is 3.16. The van der Waals surface area contributed by atoms with E-state index < -0.39 is 0 Å². The number of rotatable bonds is 7. The van der Waals surface area contributed by atoms with Crippen LogP contribution in [-0.4, -0.2) is 24.7 Å². The Morgan fingerprint density at radius 1 is 0.900 bits per heavy atom. The van der Waals surface area contributed by atoms with Crippen molar-refractivity contribution in [3.8, 4) is 0 Å². The quantitative estimate of drug-likeness (QED) is 0.555. The van der Waals surface area contributed by atoms with E-state index >= 15 is 0 Å². The number of benzene rings is 2. The van der Waals surface area contributed by atoms with Gasteiger partial charge in [-0.3, -0.25) is 4.90 Å². The van der Waals surface area contributed by atoms with Gasteiger partial charge in [0.1, 0.15) is 0 Å². The van der Waals surface area contributed by atoms with E-state index in [2.05, 4.69) is 79.2 Å². The van der Waals surface area contributed by atoms with Gasteiger partial charge in [0.25, 0.3) is 0 Å². The molecule has 0 heterocycles. The number of hydrogen-bond donors (Lipinski definition) is 0. The van der Waals surface area contributed by atoms with Gasteiger partial charge in [0.2, 0.25) is 0 Å². The van der Waals surface area contributed by atoms with Gasteiger partial charge in [-0.25, -0.2) is 0 Å². The third kappa shape index (κ3) is 4.44. The van der Waals surface area contributed by atoms with Crippen LogP contribution in [0.5, 0.6) is 0 Å². The molecular weight excluding hydrogens is 261 g/mol. The second-order valence-electron chi connectivity index (χ2n) is 4.82. The second kappa shape index (κ2) is 8.19. The highest BCUT2D eigenvalue weighted by atomic mass is 31.1. The molecule has 0 aliphatic rings. The van der Waals surface area contributed by atoms with Gasteiger partial charge in [0.05, 0.1) is 6.54 Å². The van der Waals surface area contributed by atoms with Gasteiger partial charge in [-0.2, -0.15) is 0 Å². The van der Waals surface area contributed by atoms with E-state index in [4.69, 9.17) is 0 Å². The lowest BCUT2D eigenvalue weighted by Gasteiger charge is -2.20. The Morgan fingerprint density at radius 3 is 1.85 bits per heavy atom. The van der Waals surface area contributed by atoms with Crippen LogP contribution in [0.4, 0.5) is 0 Å². The molecule has 0 atom stereocenters. The van der Waals surface area contributed by atoms with Crippen LogP contribution in [0, 0.1) is 6.54 Å². The fourth-order valence-electron chi connectivity index (χ4n) is 2.20. The summed E-state index contributed by atoms with van der Waals surface area (Å²) in [6.07, 6.45) is 2.43. The Labute approximate surface area is 124 Å². The molecule has 0 fully saturated rings. The smallest absolute Gasteiger partial charge is 0.0578 e. The molecule has 0 spiro atoms. The molecule has 2 aromatic carbocycles. The fraction of sp³-hybridized carbons (Fsp3) is 0.278. The molecule has 2 radical (unpaired) electrons. The van der Waals surface area contributed by atoms with Gasteiger partial charge < -0.3 is 0 Å². The van der Waals surface area contributed by atoms with Gasteiger partial charge in [-0.05, 0) is 51.6 Å². The van der Waals surface area contributed by atoms with Gasteiger partial charge in [0.15, 0.2) is 0 Å². The summed E-state index contributed by atoms with van der Waals surface area (Å²) in [5, 5.41) is 2.95. The summed E-state index contributed by atoms with van der Waals surface area (Å²) < 4.78 is 0. The predicted octanol–water partition coefficient (Wildman–Crippen LogP) is 3.50. The van der Waals surface area contributed by atoms with Crippen LogP contribution in [0.1, 0.15) is 13.3 Å². The second-order valence-corrected chi connectivity index (χ2v) is 7.16. The van der Waals surface area contributed by atoms with Crippen LogP contribution in [-0.2, 0) is 0 Å². The number of nitrogens with zero attached hydrogens (tertiary/aromatic N) is 1. The molecule has 0 N–H and O–H groups in total. The SMILES string of the molecule is C[C]N(C)CCCP(c1ccccc1)c1ccccc1. The molecule has 0 aromatic heterocycles. The summed E-state index contributed by atoms with van der Waals surface area (Å²) in [6, 6.07) is 21.8. The molecule has 0 aliphatic carbocycles. The average molecular weight is 283 g/mol. The first-order chi connectivity index (χ1) is 9.81. The summed E-state index contributed by atoms with van der Waals surface area (Å²) in [6.45, 7) is 6.21. The molecule has 1 nitrogen and oxygen atoms in total. The summed E-state index contributed by atoms with van der Waals surface area (Å²) in [5.41, 5.74) is 0. The molecule has 0 unspecified atom stereocenters. The van der Waals surface area contributed by atoms with Crippen molar-refractivity contribution in [3.05, 3.63) is 67.2 Å². The zero-order chi connectivity index (χ0) is 14.2. The maximum Gasteiger partial charge on any atom is 0.0578 e. The van der Waals surface area contributed by atoms with E-state index in [1.54, 1.807) is 0 Å². The van der Waals surface area contributed by atoms with E-state index in [9.17, 15) is 0 Å². The van der Waals surface area contributed by atoms with Crippen molar-refractivity contribution in [3.63, 3.8) is 0 Å². The minimum atomic E-state index is -0.241. The molecule has 0 bridgehead atoms. The summed E-state index contributed by atoms with van der Waals surface area (Å²) in [7, 11) is 1.85. The number of hydrogen-bond acceptors (Lipinski definition) is 1. The zero-order valence-electron chi connectivity index (χ0n) is 12.3. The maximum absolute atomic E-state index is 3.16. The van der Waals surface area contributed by atoms with Crippen LogP contribution in [0.25, 0.3) is 0 Å². The van der Waals surface area contributed by atoms with Crippen molar-refractivity contribution in [2.75, 3.05) is 19.8 Å². The third-order valence-corrected chi connectivity index (χ3v) is 6.00. The third-order valence-electron chi connectivity index (χ3n) is 3.39. The molecule has 2 aromatic rings. The topological polar surface area (TPSA) is 3.24 Å². The van der Waals surface area contributed by atoms with Gasteiger partial charge in [-0.1, -0.05) is 60.7 Å². The molecule has 2 heteroatoms. The molecule has 2 rings (SSSR count). The minimum Gasteiger partial charge on any atom is -0.297 e. The monoisotopic (exact) mass is 283 g/mol. The van der Waals surface area contributed by atoms with E-state index in [0.29, 0.717) is 0 Å². The zero-order valence-corrected chi connectivity index (χ0v) is 13.2. The van der Waals surface area contributed by atoms with Gasteiger partial charge in [0, 0.05) is 0 Å². The summed E-state index contributed by atoms with van der Waals surface area (Å²) in [5.74, 6) is 0. The lowest BCUT2D eigenvalue weighted by molar-refractivity contribution is 0.411. The Morgan fingerprint density at radius 2 is 1.40 bits per heavy atom. The van der Waals surface area contributed by atoms with E-state index in [1.165, 1.54) is 23.2 Å². The first kappa shape index (κ1) is 15.2. The van der Waals surface area contributed by atoms with E-state index in [-0.39, 0.29) is 7.92 Å². The lowest BCUT2D eigenvalue weighted by Crippen LogP contribution is -2.19. The summed E-state index contributed by atoms with van der Waals surface area (Å²) >= 11 is 0. The average Bonchev–Trinajstić information content (AvgIpc) is 2.53. The van der Waals surface area contributed by atoms with E-state index in [1.807, 2.05) is 6.92 Å². The van der Waals surface area contributed by atoms with Gasteiger partial charge >= 0.3 is 0 Å². The molecule has 0 saturated heterocycles. The highest BCUT2D eigenvalue weighted by Gasteiger charge is 2.13. The molecular formula is C18H22NP. The van der Waals surface area contributed by atoms with Crippen molar-refractivity contribution in [1.82, 2.24) is 4.90 Å². The van der Waals surface area contributed by atoms with E-state index in [0.717, 1.165) is 6.54 Å². The predicted molar refractivity (Wildman–Crippen MR) is 90.1 cm³/mol. The Kier molecular flexibility index (Phi) is 6.24. The highest BCUT2D eigenvalue weighted by Crippen LogP contribution is 2.34. The highest BCUT2D eigenvalue weighted by molar-refractivity contribution is 7.73. The largest absolute Gasteiger partial charge is 0.297 e. The first-order valence-electron chi connectivity index (χ1n) is 7.07. The molecule has 20 heavy (non-hydrogen) atoms. The lowest BCUT2D eigenvalue weighted by atomic mass is 10.4. The molecule has 0 aliphatic heterocycles. The van der Waals surface area contributed by atoms with Gasteiger partial charge in [-0.15, -0.1) is 0 Å². The normalized spacial score (nSPS) is 11.2. The Hall–Kier alpha value is -1.17. The first-order valence-corrected chi connectivity index (χ1v) is 8.60.